The third-order valence-corrected chi connectivity index (χ3v) is 2.99. The summed E-state index contributed by atoms with van der Waals surface area (Å²) in [5.74, 6) is -0.852. The van der Waals surface area contributed by atoms with E-state index in [1.54, 1.807) is 5.06 Å². The molecule has 0 unspecified atom stereocenters. The summed E-state index contributed by atoms with van der Waals surface area (Å²) in [6, 6.07) is 20.0. The summed E-state index contributed by atoms with van der Waals surface area (Å²) in [5.41, 5.74) is 2.26. The number of aliphatic carboxylic acids is 1. The van der Waals surface area contributed by atoms with Crippen LogP contribution in [0.15, 0.2) is 60.7 Å². The van der Waals surface area contributed by atoms with Crippen molar-refractivity contribution in [1.29, 1.82) is 0 Å². The van der Waals surface area contributed by atoms with Crippen molar-refractivity contribution in [2.75, 3.05) is 6.61 Å². The Bertz CT molecular complexity index is 507. The van der Waals surface area contributed by atoms with Gasteiger partial charge in [0, 0.05) is 13.1 Å². The number of carbonyl (C=O) groups is 1. The van der Waals surface area contributed by atoms with Crippen molar-refractivity contribution < 1.29 is 14.7 Å². The van der Waals surface area contributed by atoms with E-state index in [1.165, 1.54) is 0 Å². The van der Waals surface area contributed by atoms with Gasteiger partial charge in [-0.05, 0) is 11.1 Å². The zero-order chi connectivity index (χ0) is 14.9. The Labute approximate surface area is 173 Å². The van der Waals surface area contributed by atoms with Crippen LogP contribution in [-0.4, -0.2) is 74.1 Å². The molecule has 0 radical (unpaired) electrons. The third-order valence-electron chi connectivity index (χ3n) is 2.99. The summed E-state index contributed by atoms with van der Waals surface area (Å²) >= 11 is 0. The van der Waals surface area contributed by atoms with Crippen molar-refractivity contribution in [1.82, 2.24) is 5.06 Å². The SMILES string of the molecule is O=C(O)CCON(Cc1ccccc1)Cc1ccccc1.[KH]. The molecule has 0 aliphatic carbocycles. The topological polar surface area (TPSA) is 49.8 Å². The monoisotopic (exact) mass is 325 g/mol. The first-order chi connectivity index (χ1) is 10.2. The molecule has 0 aliphatic rings. The zero-order valence-electron chi connectivity index (χ0n) is 11.8. The molecule has 0 bridgehead atoms. The summed E-state index contributed by atoms with van der Waals surface area (Å²) in [6.07, 6.45) is 0.0000787. The molecule has 0 saturated carbocycles. The van der Waals surface area contributed by atoms with E-state index < -0.39 is 5.97 Å². The molecule has 0 saturated heterocycles. The van der Waals surface area contributed by atoms with E-state index in [1.807, 2.05) is 60.7 Å². The molecule has 4 nitrogen and oxygen atoms in total. The Morgan fingerprint density at radius 2 is 1.36 bits per heavy atom. The van der Waals surface area contributed by atoms with Crippen molar-refractivity contribution in [2.45, 2.75) is 19.5 Å². The van der Waals surface area contributed by atoms with Gasteiger partial charge in [-0.15, -0.1) is 0 Å². The number of carboxylic acids is 1. The minimum absolute atomic E-state index is 0. The molecule has 0 spiro atoms. The van der Waals surface area contributed by atoms with E-state index in [9.17, 15) is 4.79 Å². The molecule has 5 heteroatoms. The molecule has 0 aliphatic heterocycles. The summed E-state index contributed by atoms with van der Waals surface area (Å²) in [5, 5.41) is 10.5. The number of hydrogen-bond acceptors (Lipinski definition) is 3. The van der Waals surface area contributed by atoms with Gasteiger partial charge in [-0.1, -0.05) is 60.7 Å². The fourth-order valence-electron chi connectivity index (χ4n) is 1.98. The fraction of sp³-hybridized carbons (Fsp3) is 0.235. The van der Waals surface area contributed by atoms with E-state index in [-0.39, 0.29) is 64.4 Å². The first-order valence-electron chi connectivity index (χ1n) is 6.91. The van der Waals surface area contributed by atoms with Gasteiger partial charge in [0.2, 0.25) is 0 Å². The van der Waals surface area contributed by atoms with Gasteiger partial charge < -0.3 is 5.11 Å². The average Bonchev–Trinajstić information content (AvgIpc) is 2.49. The van der Waals surface area contributed by atoms with E-state index >= 15 is 0 Å². The van der Waals surface area contributed by atoms with Crippen molar-refractivity contribution in [3.63, 3.8) is 0 Å². The normalized spacial score (nSPS) is 10.2. The van der Waals surface area contributed by atoms with E-state index in [0.717, 1.165) is 11.1 Å². The van der Waals surface area contributed by atoms with Gasteiger partial charge in [0.25, 0.3) is 0 Å². The van der Waals surface area contributed by atoms with Gasteiger partial charge >= 0.3 is 57.4 Å². The number of carboxylic acid groups (broad SMARTS) is 1. The maximum atomic E-state index is 10.6. The molecular weight excluding hydrogens is 305 g/mol. The van der Waals surface area contributed by atoms with E-state index in [4.69, 9.17) is 9.94 Å². The molecule has 2 rings (SSSR count). The molecule has 2 aromatic rings. The number of hydrogen-bond donors (Lipinski definition) is 1. The van der Waals surface area contributed by atoms with Crippen molar-refractivity contribution >= 4 is 57.4 Å². The van der Waals surface area contributed by atoms with Crippen LogP contribution < -0.4 is 0 Å². The van der Waals surface area contributed by atoms with Crippen LogP contribution in [0.1, 0.15) is 17.5 Å². The van der Waals surface area contributed by atoms with Crippen LogP contribution in [0, 0.1) is 0 Å². The number of nitrogens with zero attached hydrogens (tertiary/aromatic N) is 1. The fourth-order valence-corrected chi connectivity index (χ4v) is 1.98. The predicted octanol–water partition coefficient (Wildman–Crippen LogP) is 2.45. The van der Waals surface area contributed by atoms with Crippen LogP contribution in [0.25, 0.3) is 0 Å². The molecule has 0 heterocycles. The second kappa shape index (κ2) is 11.1. The summed E-state index contributed by atoms with van der Waals surface area (Å²) in [4.78, 5) is 16.2. The Balaban J connectivity index is 0.00000242. The second-order valence-corrected chi connectivity index (χ2v) is 4.75. The maximum absolute atomic E-state index is 10.6. The number of hydroxylamine groups is 2. The Kier molecular flexibility index (Phi) is 9.82. The average molecular weight is 325 g/mol. The van der Waals surface area contributed by atoms with Gasteiger partial charge in [0.1, 0.15) is 0 Å². The van der Waals surface area contributed by atoms with Gasteiger partial charge in [0.05, 0.1) is 13.0 Å². The second-order valence-electron chi connectivity index (χ2n) is 4.75. The summed E-state index contributed by atoms with van der Waals surface area (Å²) in [6.45, 7) is 1.42. The molecule has 0 atom stereocenters. The van der Waals surface area contributed by atoms with Gasteiger partial charge in [-0.2, -0.15) is 5.06 Å². The zero-order valence-corrected chi connectivity index (χ0v) is 11.8. The standard InChI is InChI=1S/C17H19NO3.K.H/c19-17(20)11-12-21-18(13-15-7-3-1-4-8-15)14-16-9-5-2-6-10-16;;/h1-10H,11-14H2,(H,19,20);;. The van der Waals surface area contributed by atoms with Crippen LogP contribution >= 0.6 is 0 Å². The Hall–Kier alpha value is -0.534. The molecule has 1 N–H and O–H groups in total. The Morgan fingerprint density at radius 3 is 1.77 bits per heavy atom. The predicted molar refractivity (Wildman–Crippen MR) is 87.5 cm³/mol. The Morgan fingerprint density at radius 1 is 0.909 bits per heavy atom. The van der Waals surface area contributed by atoms with Crippen molar-refractivity contribution in [3.05, 3.63) is 71.8 Å². The van der Waals surface area contributed by atoms with Crippen LogP contribution in [0.4, 0.5) is 0 Å². The molecule has 0 fully saturated rings. The number of rotatable bonds is 8. The van der Waals surface area contributed by atoms with E-state index in [2.05, 4.69) is 0 Å². The summed E-state index contributed by atoms with van der Waals surface area (Å²) < 4.78 is 0. The van der Waals surface area contributed by atoms with Crippen LogP contribution in [0.3, 0.4) is 0 Å². The van der Waals surface area contributed by atoms with E-state index in [0.29, 0.717) is 13.1 Å². The molecular formula is C17H20KNO3. The first-order valence-corrected chi connectivity index (χ1v) is 6.91. The van der Waals surface area contributed by atoms with Crippen molar-refractivity contribution in [3.8, 4) is 0 Å². The van der Waals surface area contributed by atoms with Crippen LogP contribution in [0.2, 0.25) is 0 Å². The van der Waals surface area contributed by atoms with Gasteiger partial charge in [-0.25, -0.2) is 0 Å². The van der Waals surface area contributed by atoms with Gasteiger partial charge in [-0.3, -0.25) is 9.63 Å². The van der Waals surface area contributed by atoms with Crippen molar-refractivity contribution in [2.24, 2.45) is 0 Å². The number of benzene rings is 2. The molecule has 0 aromatic heterocycles. The molecule has 0 amide bonds. The summed E-state index contributed by atoms with van der Waals surface area (Å²) in [7, 11) is 0. The molecule has 112 valence electrons. The quantitative estimate of drug-likeness (QED) is 0.598. The minimum atomic E-state index is -0.852. The molecule has 2 aromatic carbocycles. The van der Waals surface area contributed by atoms with Crippen LogP contribution in [-0.2, 0) is 22.7 Å². The molecule has 22 heavy (non-hydrogen) atoms. The van der Waals surface area contributed by atoms with Gasteiger partial charge in [0.15, 0.2) is 0 Å². The first kappa shape index (κ1) is 19.5. The third kappa shape index (κ3) is 7.65. The van der Waals surface area contributed by atoms with Crippen LogP contribution in [0.5, 0.6) is 0 Å².